The fourth-order valence-electron chi connectivity index (χ4n) is 4.89. The maximum absolute atomic E-state index is 12.0. The molecule has 1 aliphatic carbocycles. The summed E-state index contributed by atoms with van der Waals surface area (Å²) in [7, 11) is 0. The molecule has 162 valence electrons. The van der Waals surface area contributed by atoms with E-state index in [-0.39, 0.29) is 0 Å². The molecule has 0 bridgehead atoms. The number of nitrogens with zero attached hydrogens (tertiary/aromatic N) is 1. The summed E-state index contributed by atoms with van der Waals surface area (Å²) in [5, 5.41) is 14.3. The Balaban J connectivity index is 1.39. The quantitative estimate of drug-likeness (QED) is 0.345. The van der Waals surface area contributed by atoms with Crippen molar-refractivity contribution >= 4 is 28.2 Å². The molecule has 2 N–H and O–H groups in total. The molecular weight excluding hydrogens is 396 g/mol. The van der Waals surface area contributed by atoms with Gasteiger partial charge in [0.1, 0.15) is 0 Å². The summed E-state index contributed by atoms with van der Waals surface area (Å²) in [6.07, 6.45) is 8.17. The first-order chi connectivity index (χ1) is 15.7. The van der Waals surface area contributed by atoms with Gasteiger partial charge in [-0.2, -0.15) is 0 Å². The smallest absolute Gasteiger partial charge is 0.337 e. The molecule has 0 amide bonds. The largest absolute Gasteiger partial charge is 0.478 e. The number of hydrogen-bond donors (Lipinski definition) is 2. The highest BCUT2D eigenvalue weighted by molar-refractivity contribution is 5.96. The van der Waals surface area contributed by atoms with Crippen molar-refractivity contribution in [1.82, 2.24) is 4.57 Å². The van der Waals surface area contributed by atoms with Gasteiger partial charge in [0, 0.05) is 29.3 Å². The third-order valence-electron chi connectivity index (χ3n) is 6.60. The summed E-state index contributed by atoms with van der Waals surface area (Å²) >= 11 is 0. The van der Waals surface area contributed by atoms with Crippen LogP contribution in [0.3, 0.4) is 0 Å². The second-order valence-electron chi connectivity index (χ2n) is 8.77. The molecular formula is C28H28N2O2. The van der Waals surface area contributed by atoms with E-state index < -0.39 is 5.97 Å². The average molecular weight is 425 g/mol. The average Bonchev–Trinajstić information content (AvgIpc) is 3.22. The Bertz CT molecular complexity index is 1240. The molecule has 1 aliphatic rings. The molecule has 4 heteroatoms. The van der Waals surface area contributed by atoms with Crippen molar-refractivity contribution in [3.63, 3.8) is 0 Å². The lowest BCUT2D eigenvalue weighted by atomic mass is 9.83. The topological polar surface area (TPSA) is 54.3 Å². The highest BCUT2D eigenvalue weighted by Gasteiger charge is 2.19. The van der Waals surface area contributed by atoms with Gasteiger partial charge in [0.2, 0.25) is 0 Å². The van der Waals surface area contributed by atoms with E-state index in [0.29, 0.717) is 17.2 Å². The summed E-state index contributed by atoms with van der Waals surface area (Å²) < 4.78 is 2.23. The zero-order valence-corrected chi connectivity index (χ0v) is 18.1. The van der Waals surface area contributed by atoms with Gasteiger partial charge in [-0.1, -0.05) is 55.7 Å². The van der Waals surface area contributed by atoms with Crippen molar-refractivity contribution in [2.24, 2.45) is 0 Å². The maximum atomic E-state index is 12.0. The molecule has 4 aromatic rings. The van der Waals surface area contributed by atoms with Crippen molar-refractivity contribution in [1.29, 1.82) is 0 Å². The Labute approximate surface area is 188 Å². The number of carboxylic acid groups (broad SMARTS) is 1. The standard InChI is InChI=1S/C28H28N2O2/c31-28(32)25-18-22(21-9-5-2-6-10-21)11-13-26(25)29-24-12-14-27-23(17-24)15-16-30(27)19-20-7-3-1-4-8-20/h1,3-4,7-8,11-18,21,29H,2,5-6,9-10,19H2,(H,31,32). The van der Waals surface area contributed by atoms with Crippen molar-refractivity contribution < 1.29 is 9.90 Å². The van der Waals surface area contributed by atoms with Crippen LogP contribution in [0.5, 0.6) is 0 Å². The monoisotopic (exact) mass is 424 g/mol. The Kier molecular flexibility index (Phi) is 5.68. The van der Waals surface area contributed by atoms with Gasteiger partial charge in [0.15, 0.2) is 0 Å². The van der Waals surface area contributed by atoms with Crippen molar-refractivity contribution in [3.8, 4) is 0 Å². The number of aromatic carboxylic acids is 1. The number of carboxylic acids is 1. The molecule has 32 heavy (non-hydrogen) atoms. The molecule has 4 nitrogen and oxygen atoms in total. The van der Waals surface area contributed by atoms with E-state index in [4.69, 9.17) is 0 Å². The van der Waals surface area contributed by atoms with E-state index in [1.54, 1.807) is 0 Å². The lowest BCUT2D eigenvalue weighted by Gasteiger charge is -2.23. The first-order valence-electron chi connectivity index (χ1n) is 11.4. The molecule has 1 fully saturated rings. The van der Waals surface area contributed by atoms with Crippen LogP contribution in [0.4, 0.5) is 11.4 Å². The normalized spacial score (nSPS) is 14.5. The van der Waals surface area contributed by atoms with Gasteiger partial charge in [-0.15, -0.1) is 0 Å². The van der Waals surface area contributed by atoms with Gasteiger partial charge in [0.05, 0.1) is 11.3 Å². The number of carbonyl (C=O) groups is 1. The highest BCUT2D eigenvalue weighted by Crippen LogP contribution is 2.35. The van der Waals surface area contributed by atoms with Crippen molar-refractivity contribution in [2.75, 3.05) is 5.32 Å². The molecule has 0 atom stereocenters. The summed E-state index contributed by atoms with van der Waals surface area (Å²) in [5.74, 6) is -0.406. The van der Waals surface area contributed by atoms with E-state index in [1.165, 1.54) is 24.8 Å². The number of hydrogen-bond acceptors (Lipinski definition) is 2. The second kappa shape index (κ2) is 8.91. The number of anilines is 2. The lowest BCUT2D eigenvalue weighted by molar-refractivity contribution is 0.0698. The van der Waals surface area contributed by atoms with Crippen LogP contribution in [0.15, 0.2) is 79.0 Å². The Morgan fingerprint density at radius 1 is 0.938 bits per heavy atom. The Morgan fingerprint density at radius 2 is 1.75 bits per heavy atom. The van der Waals surface area contributed by atoms with Crippen LogP contribution in [-0.4, -0.2) is 15.6 Å². The number of aromatic nitrogens is 1. The number of rotatable bonds is 6. The third kappa shape index (κ3) is 4.26. The fourth-order valence-corrected chi connectivity index (χ4v) is 4.89. The van der Waals surface area contributed by atoms with E-state index in [9.17, 15) is 9.90 Å². The second-order valence-corrected chi connectivity index (χ2v) is 8.77. The van der Waals surface area contributed by atoms with Crippen molar-refractivity contribution in [3.05, 3.63) is 95.7 Å². The molecule has 0 unspecified atom stereocenters. The molecule has 1 aromatic heterocycles. The molecule has 0 aliphatic heterocycles. The fraction of sp³-hybridized carbons (Fsp3) is 0.250. The summed E-state index contributed by atoms with van der Waals surface area (Å²) in [4.78, 5) is 12.0. The van der Waals surface area contributed by atoms with E-state index in [1.807, 2.05) is 24.3 Å². The zero-order valence-electron chi connectivity index (χ0n) is 18.1. The minimum absolute atomic E-state index is 0.342. The van der Waals surface area contributed by atoms with Gasteiger partial charge < -0.3 is 15.0 Å². The van der Waals surface area contributed by atoms with E-state index >= 15 is 0 Å². The predicted molar refractivity (Wildman–Crippen MR) is 130 cm³/mol. The van der Waals surface area contributed by atoms with Crippen molar-refractivity contribution in [2.45, 2.75) is 44.6 Å². The summed E-state index contributed by atoms with van der Waals surface area (Å²) in [6, 6.07) is 24.6. The summed E-state index contributed by atoms with van der Waals surface area (Å²) in [6.45, 7) is 0.822. The molecule has 1 heterocycles. The van der Waals surface area contributed by atoms with Gasteiger partial charge >= 0.3 is 5.97 Å². The Morgan fingerprint density at radius 3 is 2.53 bits per heavy atom. The minimum atomic E-state index is -0.889. The van der Waals surface area contributed by atoms with E-state index in [0.717, 1.165) is 41.5 Å². The first-order valence-corrected chi connectivity index (χ1v) is 11.4. The van der Waals surface area contributed by atoms with Gasteiger partial charge in [-0.25, -0.2) is 4.79 Å². The van der Waals surface area contributed by atoms with E-state index in [2.05, 4.69) is 64.6 Å². The third-order valence-corrected chi connectivity index (χ3v) is 6.60. The number of benzene rings is 3. The molecule has 0 radical (unpaired) electrons. The van der Waals surface area contributed by atoms with Crippen LogP contribution < -0.4 is 5.32 Å². The number of nitrogens with one attached hydrogen (secondary N) is 1. The van der Waals surface area contributed by atoms with Crippen LogP contribution in [0, 0.1) is 0 Å². The SMILES string of the molecule is O=C(O)c1cc(C2CCCCC2)ccc1Nc1ccc2c(ccn2Cc2ccccc2)c1. The first kappa shape index (κ1) is 20.4. The minimum Gasteiger partial charge on any atom is -0.478 e. The van der Waals surface area contributed by atoms with Crippen LogP contribution in [0.2, 0.25) is 0 Å². The van der Waals surface area contributed by atoms with Gasteiger partial charge in [-0.05, 0) is 66.3 Å². The zero-order chi connectivity index (χ0) is 21.9. The Hall–Kier alpha value is -3.53. The lowest BCUT2D eigenvalue weighted by Crippen LogP contribution is -2.08. The highest BCUT2D eigenvalue weighted by atomic mass is 16.4. The van der Waals surface area contributed by atoms with Crippen LogP contribution in [0.25, 0.3) is 10.9 Å². The molecule has 1 saturated carbocycles. The van der Waals surface area contributed by atoms with Crippen LogP contribution in [0.1, 0.15) is 59.5 Å². The maximum Gasteiger partial charge on any atom is 0.337 e. The van der Waals surface area contributed by atoms with Gasteiger partial charge in [-0.3, -0.25) is 0 Å². The summed E-state index contributed by atoms with van der Waals surface area (Å²) in [5.41, 5.74) is 5.45. The van der Waals surface area contributed by atoms with Gasteiger partial charge in [0.25, 0.3) is 0 Å². The molecule has 0 saturated heterocycles. The molecule has 5 rings (SSSR count). The molecule has 0 spiro atoms. The van der Waals surface area contributed by atoms with Crippen LogP contribution >= 0.6 is 0 Å². The predicted octanol–water partition coefficient (Wildman–Crippen LogP) is 7.18. The molecule has 3 aromatic carbocycles. The number of fused-ring (bicyclic) bond motifs is 1. The van der Waals surface area contributed by atoms with Crippen LogP contribution in [-0.2, 0) is 6.54 Å².